The van der Waals surface area contributed by atoms with E-state index in [1.807, 2.05) is 48.5 Å². The van der Waals surface area contributed by atoms with Crippen LogP contribution in [0, 0.1) is 24.5 Å². The molecular weight excluding hydrogens is 831 g/mol. The molecule has 0 aliphatic rings. The summed E-state index contributed by atoms with van der Waals surface area (Å²) in [6.45, 7) is 15.7. The molecule has 0 saturated carbocycles. The molecule has 0 unspecified atom stereocenters. The third-order valence-corrected chi connectivity index (χ3v) is 12.8. The van der Waals surface area contributed by atoms with Gasteiger partial charge in [-0.2, -0.15) is 5.26 Å². The highest BCUT2D eigenvalue weighted by atomic mass is 15.0. The first-order chi connectivity index (χ1) is 33.6. The first kappa shape index (κ1) is 39.7. The fourth-order valence-corrected chi connectivity index (χ4v) is 9.80. The molecule has 0 fully saturated rings. The molecule has 0 spiro atoms. The number of nitriles is 1. The van der Waals surface area contributed by atoms with Crippen molar-refractivity contribution in [2.24, 2.45) is 0 Å². The molecule has 0 N–H and O–H groups in total. The number of hydrogen-bond acceptors (Lipinski definition) is 3. The van der Waals surface area contributed by atoms with Crippen molar-refractivity contribution in [2.75, 3.05) is 0 Å². The Balaban J connectivity index is 1.16. The summed E-state index contributed by atoms with van der Waals surface area (Å²) in [5.41, 5.74) is 14.7. The Labute approximate surface area is 392 Å². The third-order valence-electron chi connectivity index (χ3n) is 12.8. The maximum absolute atomic E-state index is 10.3. The van der Waals surface area contributed by atoms with E-state index in [2.05, 4.69) is 177 Å². The average Bonchev–Trinajstić information content (AvgIpc) is 3.93. The molecule has 9 aromatic carbocycles. The van der Waals surface area contributed by atoms with Gasteiger partial charge in [-0.3, -0.25) is 0 Å². The molecule has 0 bridgehead atoms. The van der Waals surface area contributed by atoms with E-state index >= 15 is 0 Å². The quantitative estimate of drug-likeness (QED) is 0.150. The predicted octanol–water partition coefficient (Wildman–Crippen LogP) is 16.0. The van der Waals surface area contributed by atoms with Crippen LogP contribution in [0.1, 0.15) is 5.56 Å². The minimum absolute atomic E-state index is 0.261. The van der Waals surface area contributed by atoms with Gasteiger partial charge in [0.05, 0.1) is 64.0 Å². The second-order valence-electron chi connectivity index (χ2n) is 16.6. The van der Waals surface area contributed by atoms with Crippen molar-refractivity contribution in [3.63, 3.8) is 0 Å². The Kier molecular flexibility index (Phi) is 9.51. The molecule has 3 heterocycles. The van der Waals surface area contributed by atoms with Crippen molar-refractivity contribution in [2.45, 2.75) is 0 Å². The summed E-state index contributed by atoms with van der Waals surface area (Å²) in [5, 5.41) is 14.6. The SMILES string of the molecule is [C-]#[N+]c1cc(C#N)c(-c2ccc3c(c2)c2ccccc2n3-c2cc(-c3nc(-c4ccccc4)cc(-c4ccccc4)n3)ccc2-c2ccccc2-n2c3ccccc3c3ccccc32)c([N+]#[C-])c1. The van der Waals surface area contributed by atoms with Gasteiger partial charge < -0.3 is 9.13 Å². The molecule has 0 saturated heterocycles. The maximum atomic E-state index is 10.3. The second-order valence-corrected chi connectivity index (χ2v) is 16.6. The van der Waals surface area contributed by atoms with E-state index in [-0.39, 0.29) is 16.9 Å². The van der Waals surface area contributed by atoms with E-state index in [4.69, 9.17) is 23.1 Å². The topological polar surface area (TPSA) is 68.2 Å². The van der Waals surface area contributed by atoms with Gasteiger partial charge in [0.15, 0.2) is 17.2 Å². The number of hydrogen-bond donors (Lipinski definition) is 0. The van der Waals surface area contributed by atoms with Gasteiger partial charge in [-0.05, 0) is 60.2 Å². The minimum atomic E-state index is 0.261. The number of fused-ring (bicyclic) bond motifs is 6. The molecular formula is C61H35N7. The maximum Gasteiger partial charge on any atom is 0.186 e. The summed E-state index contributed by atoms with van der Waals surface area (Å²) in [6, 6.07) is 74.7. The van der Waals surface area contributed by atoms with Crippen LogP contribution in [-0.4, -0.2) is 19.1 Å². The van der Waals surface area contributed by atoms with Crippen molar-refractivity contribution in [3.05, 3.63) is 241 Å². The molecule has 0 radical (unpaired) electrons. The Morgan fingerprint density at radius 1 is 0.412 bits per heavy atom. The van der Waals surface area contributed by atoms with Crippen LogP contribution >= 0.6 is 0 Å². The zero-order valence-corrected chi connectivity index (χ0v) is 36.3. The van der Waals surface area contributed by atoms with Crippen molar-refractivity contribution >= 4 is 55.0 Å². The van der Waals surface area contributed by atoms with Crippen LogP contribution in [0.4, 0.5) is 11.4 Å². The van der Waals surface area contributed by atoms with Gasteiger partial charge >= 0.3 is 0 Å². The number of rotatable bonds is 7. The van der Waals surface area contributed by atoms with Crippen LogP contribution < -0.4 is 0 Å². The average molecular weight is 866 g/mol. The molecule has 0 aliphatic carbocycles. The van der Waals surface area contributed by atoms with Crippen LogP contribution in [0.25, 0.3) is 121 Å². The molecule has 0 atom stereocenters. The van der Waals surface area contributed by atoms with Crippen molar-refractivity contribution in [3.8, 4) is 73.6 Å². The highest BCUT2D eigenvalue weighted by Gasteiger charge is 2.23. The van der Waals surface area contributed by atoms with Crippen molar-refractivity contribution in [1.29, 1.82) is 5.26 Å². The Morgan fingerprint density at radius 3 is 1.53 bits per heavy atom. The van der Waals surface area contributed by atoms with E-state index in [1.165, 1.54) is 10.8 Å². The van der Waals surface area contributed by atoms with Gasteiger partial charge in [0, 0.05) is 60.5 Å². The summed E-state index contributed by atoms with van der Waals surface area (Å²) >= 11 is 0. The summed E-state index contributed by atoms with van der Waals surface area (Å²) in [6.07, 6.45) is 0. The first-order valence-electron chi connectivity index (χ1n) is 22.2. The molecule has 7 heteroatoms. The van der Waals surface area contributed by atoms with Crippen LogP contribution in [0.5, 0.6) is 0 Å². The van der Waals surface area contributed by atoms with Gasteiger partial charge in [0.2, 0.25) is 0 Å². The Hall–Kier alpha value is -9.87. The van der Waals surface area contributed by atoms with Crippen LogP contribution in [0.3, 0.4) is 0 Å². The van der Waals surface area contributed by atoms with Crippen molar-refractivity contribution < 1.29 is 0 Å². The summed E-state index contributed by atoms with van der Waals surface area (Å²) in [5.74, 6) is 0.593. The second kappa shape index (κ2) is 16.3. The van der Waals surface area contributed by atoms with Crippen LogP contribution in [0.15, 0.2) is 212 Å². The summed E-state index contributed by atoms with van der Waals surface area (Å²) in [4.78, 5) is 17.9. The molecule has 0 amide bonds. The molecule has 314 valence electrons. The van der Waals surface area contributed by atoms with Crippen molar-refractivity contribution in [1.82, 2.24) is 19.1 Å². The first-order valence-corrected chi connectivity index (χ1v) is 22.2. The fourth-order valence-electron chi connectivity index (χ4n) is 9.80. The standard InChI is InChI=1S/C61H35N7/c1-63-44-33-43(38-62)60(53(36-44)64-2)41-30-32-58-50(34-41)48-24-12-16-28-57(48)68(58)59-35-42(61-65-51(39-17-5-3-6-18-39)37-52(66-61)40-19-7-4-8-20-40)29-31-49(59)47-23-11-15-27-56(47)67-54-25-13-9-21-45(54)46-22-10-14-26-55(46)67/h3-37H. The van der Waals surface area contributed by atoms with E-state index in [0.717, 1.165) is 89.0 Å². The normalized spacial score (nSPS) is 11.2. The van der Waals surface area contributed by atoms with E-state index in [0.29, 0.717) is 11.4 Å². The molecule has 68 heavy (non-hydrogen) atoms. The molecule has 12 aromatic rings. The minimum Gasteiger partial charge on any atom is -0.309 e. The third kappa shape index (κ3) is 6.49. The monoisotopic (exact) mass is 865 g/mol. The number of nitrogens with zero attached hydrogens (tertiary/aromatic N) is 7. The predicted molar refractivity (Wildman–Crippen MR) is 275 cm³/mol. The number of aromatic nitrogens is 4. The van der Waals surface area contributed by atoms with Gasteiger partial charge in [-0.25, -0.2) is 19.7 Å². The highest BCUT2D eigenvalue weighted by Crippen LogP contribution is 2.44. The number of benzene rings is 9. The smallest absolute Gasteiger partial charge is 0.186 e. The lowest BCUT2D eigenvalue weighted by molar-refractivity contribution is 1.15. The number of para-hydroxylation sites is 4. The summed E-state index contributed by atoms with van der Waals surface area (Å²) in [7, 11) is 0. The summed E-state index contributed by atoms with van der Waals surface area (Å²) < 4.78 is 4.69. The molecule has 12 rings (SSSR count). The highest BCUT2D eigenvalue weighted by molar-refractivity contribution is 6.12. The zero-order valence-electron chi connectivity index (χ0n) is 36.3. The van der Waals surface area contributed by atoms with Gasteiger partial charge in [-0.1, -0.05) is 158 Å². The lowest BCUT2D eigenvalue weighted by atomic mass is 9.96. The zero-order chi connectivity index (χ0) is 45.7. The van der Waals surface area contributed by atoms with Gasteiger partial charge in [0.1, 0.15) is 0 Å². The van der Waals surface area contributed by atoms with E-state index < -0.39 is 0 Å². The lowest BCUT2D eigenvalue weighted by Crippen LogP contribution is -2.03. The Bertz CT molecular complexity index is 3980. The van der Waals surface area contributed by atoms with Crippen LogP contribution in [-0.2, 0) is 0 Å². The molecule has 3 aromatic heterocycles. The Morgan fingerprint density at radius 2 is 0.926 bits per heavy atom. The lowest BCUT2D eigenvalue weighted by Gasteiger charge is -2.20. The fraction of sp³-hybridized carbons (Fsp3) is 0. The molecule has 7 nitrogen and oxygen atoms in total. The van der Waals surface area contributed by atoms with Gasteiger partial charge in [-0.15, -0.1) is 0 Å². The molecule has 0 aliphatic heterocycles. The largest absolute Gasteiger partial charge is 0.309 e. The van der Waals surface area contributed by atoms with Gasteiger partial charge in [0.25, 0.3) is 0 Å². The van der Waals surface area contributed by atoms with E-state index in [9.17, 15) is 5.26 Å². The van der Waals surface area contributed by atoms with E-state index in [1.54, 1.807) is 12.1 Å². The van der Waals surface area contributed by atoms with Crippen LogP contribution in [0.2, 0.25) is 0 Å².